The quantitative estimate of drug-likeness (QED) is 0.900. The number of phenols is 1. The van der Waals surface area contributed by atoms with Gasteiger partial charge in [0.2, 0.25) is 0 Å². The third kappa shape index (κ3) is 3.80. The van der Waals surface area contributed by atoms with Crippen molar-refractivity contribution in [3.8, 4) is 5.75 Å². The van der Waals surface area contributed by atoms with E-state index in [9.17, 15) is 10.2 Å². The van der Waals surface area contributed by atoms with Gasteiger partial charge in [-0.05, 0) is 50.3 Å². The molecular formula is C18H27NO3. The molecule has 2 heterocycles. The monoisotopic (exact) mass is 305 g/mol. The summed E-state index contributed by atoms with van der Waals surface area (Å²) in [6.45, 7) is 5.73. The fourth-order valence-corrected chi connectivity index (χ4v) is 3.78. The van der Waals surface area contributed by atoms with Crippen LogP contribution in [0.2, 0.25) is 0 Å². The van der Waals surface area contributed by atoms with Crippen LogP contribution in [0.15, 0.2) is 24.3 Å². The molecule has 0 aliphatic carbocycles. The summed E-state index contributed by atoms with van der Waals surface area (Å²) in [5.74, 6) is 0.324. The summed E-state index contributed by atoms with van der Waals surface area (Å²) in [4.78, 5) is 2.48. The molecule has 3 rings (SSSR count). The van der Waals surface area contributed by atoms with Gasteiger partial charge in [0.1, 0.15) is 5.75 Å². The zero-order chi connectivity index (χ0) is 15.6. The molecule has 0 aromatic heterocycles. The molecule has 22 heavy (non-hydrogen) atoms. The molecule has 0 saturated carbocycles. The zero-order valence-corrected chi connectivity index (χ0v) is 13.4. The Morgan fingerprint density at radius 1 is 1.14 bits per heavy atom. The molecule has 2 fully saturated rings. The maximum atomic E-state index is 10.3. The third-order valence-electron chi connectivity index (χ3n) is 5.17. The fourth-order valence-electron chi connectivity index (χ4n) is 3.78. The van der Waals surface area contributed by atoms with Gasteiger partial charge >= 0.3 is 0 Å². The summed E-state index contributed by atoms with van der Waals surface area (Å²) < 4.78 is 6.05. The van der Waals surface area contributed by atoms with Crippen molar-refractivity contribution in [2.45, 2.75) is 50.2 Å². The van der Waals surface area contributed by atoms with Gasteiger partial charge in [-0.2, -0.15) is 0 Å². The van der Waals surface area contributed by atoms with Crippen LogP contribution in [0.3, 0.4) is 0 Å². The molecule has 1 aromatic rings. The Morgan fingerprint density at radius 3 is 2.45 bits per heavy atom. The smallest absolute Gasteiger partial charge is 0.115 e. The van der Waals surface area contributed by atoms with E-state index in [0.29, 0.717) is 12.4 Å². The number of aliphatic hydroxyl groups is 1. The third-order valence-corrected chi connectivity index (χ3v) is 5.17. The van der Waals surface area contributed by atoms with Crippen LogP contribution in [0.1, 0.15) is 38.2 Å². The van der Waals surface area contributed by atoms with Crippen molar-refractivity contribution in [3.05, 3.63) is 29.8 Å². The van der Waals surface area contributed by atoms with Crippen LogP contribution >= 0.6 is 0 Å². The van der Waals surface area contributed by atoms with Crippen LogP contribution in [0.5, 0.6) is 5.75 Å². The fraction of sp³-hybridized carbons (Fsp3) is 0.667. The first-order valence-corrected chi connectivity index (χ1v) is 8.33. The maximum Gasteiger partial charge on any atom is 0.115 e. The Bertz CT molecular complexity index is 490. The van der Waals surface area contributed by atoms with E-state index in [-0.39, 0.29) is 5.60 Å². The Morgan fingerprint density at radius 2 is 1.82 bits per heavy atom. The van der Waals surface area contributed by atoms with Crippen molar-refractivity contribution in [2.24, 2.45) is 0 Å². The lowest BCUT2D eigenvalue weighted by molar-refractivity contribution is -0.172. The van der Waals surface area contributed by atoms with Gasteiger partial charge in [-0.25, -0.2) is 0 Å². The summed E-state index contributed by atoms with van der Waals surface area (Å²) in [5, 5.41) is 19.6. The highest BCUT2D eigenvalue weighted by atomic mass is 16.5. The second kappa shape index (κ2) is 6.19. The topological polar surface area (TPSA) is 52.9 Å². The van der Waals surface area contributed by atoms with Crippen molar-refractivity contribution in [1.29, 1.82) is 0 Å². The standard InChI is InChI=1S/C18H27NO3/c1-17(21)9-13-22-18(14-17)7-11-19(12-8-18)10-6-15-2-4-16(20)5-3-15/h2-5,20-21H,6-14H2,1H3. The lowest BCUT2D eigenvalue weighted by Gasteiger charge is -2.48. The van der Waals surface area contributed by atoms with E-state index in [1.807, 2.05) is 19.1 Å². The van der Waals surface area contributed by atoms with Crippen molar-refractivity contribution >= 4 is 0 Å². The molecule has 1 spiro atoms. The van der Waals surface area contributed by atoms with E-state index in [2.05, 4.69) is 4.90 Å². The number of hydrogen-bond donors (Lipinski definition) is 2. The number of rotatable bonds is 3. The van der Waals surface area contributed by atoms with Crippen molar-refractivity contribution in [2.75, 3.05) is 26.2 Å². The minimum absolute atomic E-state index is 0.100. The molecule has 2 aliphatic heterocycles. The number of piperidine rings is 1. The average molecular weight is 305 g/mol. The summed E-state index contributed by atoms with van der Waals surface area (Å²) in [7, 11) is 0. The number of benzene rings is 1. The number of hydrogen-bond acceptors (Lipinski definition) is 4. The molecule has 0 amide bonds. The van der Waals surface area contributed by atoms with E-state index in [1.165, 1.54) is 5.56 Å². The Kier molecular flexibility index (Phi) is 4.44. The molecule has 2 aliphatic rings. The molecular weight excluding hydrogens is 278 g/mol. The number of ether oxygens (including phenoxy) is 1. The molecule has 1 atom stereocenters. The van der Waals surface area contributed by atoms with E-state index in [1.54, 1.807) is 12.1 Å². The minimum Gasteiger partial charge on any atom is -0.508 e. The van der Waals surface area contributed by atoms with Crippen LogP contribution in [-0.2, 0) is 11.2 Å². The minimum atomic E-state index is -0.563. The van der Waals surface area contributed by atoms with E-state index >= 15 is 0 Å². The van der Waals surface area contributed by atoms with Crippen molar-refractivity contribution in [1.82, 2.24) is 4.90 Å². The molecule has 4 heteroatoms. The lowest BCUT2D eigenvalue weighted by Crippen LogP contribution is -2.53. The second-order valence-corrected chi connectivity index (χ2v) is 7.21. The number of likely N-dealkylation sites (tertiary alicyclic amines) is 1. The average Bonchev–Trinajstić information content (AvgIpc) is 2.47. The molecule has 2 saturated heterocycles. The van der Waals surface area contributed by atoms with Crippen LogP contribution in [0, 0.1) is 0 Å². The van der Waals surface area contributed by atoms with Gasteiger partial charge in [-0.3, -0.25) is 0 Å². The highest BCUT2D eigenvalue weighted by Crippen LogP contribution is 2.39. The van der Waals surface area contributed by atoms with Crippen LogP contribution in [0.25, 0.3) is 0 Å². The predicted octanol–water partition coefficient (Wildman–Crippen LogP) is 2.33. The highest BCUT2D eigenvalue weighted by molar-refractivity contribution is 5.26. The molecule has 4 nitrogen and oxygen atoms in total. The first-order chi connectivity index (χ1) is 10.5. The summed E-state index contributed by atoms with van der Waals surface area (Å²) in [6, 6.07) is 7.47. The zero-order valence-electron chi connectivity index (χ0n) is 13.4. The van der Waals surface area contributed by atoms with Gasteiger partial charge in [0, 0.05) is 26.1 Å². The number of nitrogens with zero attached hydrogens (tertiary/aromatic N) is 1. The predicted molar refractivity (Wildman–Crippen MR) is 86.0 cm³/mol. The van der Waals surface area contributed by atoms with Gasteiger partial charge in [0.15, 0.2) is 0 Å². The van der Waals surface area contributed by atoms with Gasteiger partial charge in [0.05, 0.1) is 17.8 Å². The van der Waals surface area contributed by atoms with Gasteiger partial charge in [-0.15, -0.1) is 0 Å². The SMILES string of the molecule is CC1(O)CCOC2(CCN(CCc3ccc(O)cc3)CC2)C1. The number of phenolic OH excluding ortho intramolecular Hbond substituents is 1. The first-order valence-electron chi connectivity index (χ1n) is 8.33. The van der Waals surface area contributed by atoms with Crippen LogP contribution < -0.4 is 0 Å². The Labute approximate surface area is 132 Å². The molecule has 0 radical (unpaired) electrons. The van der Waals surface area contributed by atoms with Crippen LogP contribution in [-0.4, -0.2) is 52.6 Å². The molecule has 1 aromatic carbocycles. The van der Waals surface area contributed by atoms with Crippen molar-refractivity contribution in [3.63, 3.8) is 0 Å². The van der Waals surface area contributed by atoms with Gasteiger partial charge in [0.25, 0.3) is 0 Å². The number of aromatic hydroxyl groups is 1. The first kappa shape index (κ1) is 15.8. The molecule has 2 N–H and O–H groups in total. The van der Waals surface area contributed by atoms with Gasteiger partial charge < -0.3 is 19.8 Å². The second-order valence-electron chi connectivity index (χ2n) is 7.21. The lowest BCUT2D eigenvalue weighted by atomic mass is 9.78. The summed E-state index contributed by atoms with van der Waals surface area (Å²) in [5.41, 5.74) is 0.596. The van der Waals surface area contributed by atoms with Crippen molar-refractivity contribution < 1.29 is 14.9 Å². The van der Waals surface area contributed by atoms with Crippen LogP contribution in [0.4, 0.5) is 0 Å². The molecule has 1 unspecified atom stereocenters. The molecule has 122 valence electrons. The van der Waals surface area contributed by atoms with Gasteiger partial charge in [-0.1, -0.05) is 12.1 Å². The van der Waals surface area contributed by atoms with E-state index in [0.717, 1.165) is 51.7 Å². The Hall–Kier alpha value is -1.10. The molecule has 0 bridgehead atoms. The van der Waals surface area contributed by atoms with E-state index < -0.39 is 5.60 Å². The normalized spacial score (nSPS) is 28.8. The largest absolute Gasteiger partial charge is 0.508 e. The maximum absolute atomic E-state index is 10.3. The van der Waals surface area contributed by atoms with E-state index in [4.69, 9.17) is 4.74 Å². The Balaban J connectivity index is 1.48. The summed E-state index contributed by atoms with van der Waals surface area (Å²) in [6.07, 6.45) is 4.55. The summed E-state index contributed by atoms with van der Waals surface area (Å²) >= 11 is 0. The highest BCUT2D eigenvalue weighted by Gasteiger charge is 2.44.